The highest BCUT2D eigenvalue weighted by Gasteiger charge is 2.78. The van der Waals surface area contributed by atoms with Crippen LogP contribution in [0.15, 0.2) is 54.1 Å². The van der Waals surface area contributed by atoms with Crippen LogP contribution in [0.5, 0.6) is 0 Å². The van der Waals surface area contributed by atoms with E-state index in [1.165, 1.54) is 18.4 Å². The van der Waals surface area contributed by atoms with Crippen molar-refractivity contribution in [2.75, 3.05) is 6.61 Å². The second kappa shape index (κ2) is 17.3. The van der Waals surface area contributed by atoms with Crippen molar-refractivity contribution in [1.29, 1.82) is 0 Å². The summed E-state index contributed by atoms with van der Waals surface area (Å²) in [5.41, 5.74) is 2.98. The minimum absolute atomic E-state index is 0.0362. The number of ether oxygens (including phenoxy) is 5. The van der Waals surface area contributed by atoms with Gasteiger partial charge in [0.15, 0.2) is 11.8 Å². The Bertz CT molecular complexity index is 2380. The number of amides is 2. The Labute approximate surface area is 405 Å². The van der Waals surface area contributed by atoms with E-state index < -0.39 is 71.1 Å². The van der Waals surface area contributed by atoms with Gasteiger partial charge in [-0.25, -0.2) is 0 Å². The second-order valence-corrected chi connectivity index (χ2v) is 23.9. The number of epoxide rings is 1. The van der Waals surface area contributed by atoms with Crippen LogP contribution >= 0.6 is 0 Å². The third-order valence-electron chi connectivity index (χ3n) is 17.3. The molecular formula is C55H71N3O11. The maximum atomic E-state index is 15.1. The molecule has 11 rings (SSSR count). The van der Waals surface area contributed by atoms with Crippen molar-refractivity contribution in [1.82, 2.24) is 15.7 Å². The first kappa shape index (κ1) is 47.2. The summed E-state index contributed by atoms with van der Waals surface area (Å²) >= 11 is 0. The fourth-order valence-electron chi connectivity index (χ4n) is 13.3. The SMILES string of the molecule is CC(C)(C)OC(=O)CCC(CO)NC(=O)c1cccc(CNC(=O)C23CC4OC(=O)C2N(Cc2ccc(C=C5CCC6OC6(C)CCC6C5CC6(C)C)cc2)OC3C2OC(C3CC3)(C3CC3)OC42)c1. The summed E-state index contributed by atoms with van der Waals surface area (Å²) in [7, 11) is 0. The monoisotopic (exact) mass is 950 g/mol. The van der Waals surface area contributed by atoms with Crippen molar-refractivity contribution < 1.29 is 52.8 Å². The zero-order valence-electron chi connectivity index (χ0n) is 41.1. The minimum atomic E-state index is -1.35. The van der Waals surface area contributed by atoms with Crippen molar-refractivity contribution >= 4 is 29.8 Å². The first-order chi connectivity index (χ1) is 32.9. The second-order valence-electron chi connectivity index (χ2n) is 23.9. The van der Waals surface area contributed by atoms with Gasteiger partial charge in [0.05, 0.1) is 30.9 Å². The van der Waals surface area contributed by atoms with E-state index in [4.69, 9.17) is 28.5 Å². The van der Waals surface area contributed by atoms with E-state index in [1.54, 1.807) is 44.0 Å². The Morgan fingerprint density at radius 2 is 1.67 bits per heavy atom. The van der Waals surface area contributed by atoms with Crippen LogP contribution in [0.2, 0.25) is 0 Å². The van der Waals surface area contributed by atoms with Crippen molar-refractivity contribution in [3.8, 4) is 0 Å². The van der Waals surface area contributed by atoms with Crippen molar-refractivity contribution in [3.63, 3.8) is 0 Å². The largest absolute Gasteiger partial charge is 0.460 e. The number of nitrogens with zero attached hydrogens (tertiary/aromatic N) is 1. The van der Waals surface area contributed by atoms with E-state index in [9.17, 15) is 19.5 Å². The Hall–Kier alpha value is -4.18. The fourth-order valence-corrected chi connectivity index (χ4v) is 13.3. The fraction of sp³-hybridized carbons (Fsp3) is 0.673. The molecule has 11 unspecified atom stereocenters. The van der Waals surface area contributed by atoms with E-state index in [1.807, 2.05) is 6.07 Å². The molecule has 2 aromatic rings. The topological polar surface area (TPSA) is 174 Å². The molecule has 9 aliphatic rings. The number of hydrogen-bond acceptors (Lipinski definition) is 12. The molecule has 69 heavy (non-hydrogen) atoms. The van der Waals surface area contributed by atoms with Crippen LogP contribution in [0.3, 0.4) is 0 Å². The summed E-state index contributed by atoms with van der Waals surface area (Å²) in [5, 5.41) is 17.7. The Morgan fingerprint density at radius 3 is 2.36 bits per heavy atom. The number of benzene rings is 2. The van der Waals surface area contributed by atoms with Crippen LogP contribution in [0.25, 0.3) is 6.08 Å². The van der Waals surface area contributed by atoms with Gasteiger partial charge >= 0.3 is 11.9 Å². The maximum absolute atomic E-state index is 15.1. The number of rotatable bonds is 14. The Kier molecular flexibility index (Phi) is 11.8. The van der Waals surface area contributed by atoms with Crippen molar-refractivity contribution in [2.45, 2.75) is 191 Å². The lowest BCUT2D eigenvalue weighted by Gasteiger charge is -2.53. The maximum Gasteiger partial charge on any atom is 0.327 e. The van der Waals surface area contributed by atoms with Gasteiger partial charge in [-0.1, -0.05) is 61.9 Å². The molecule has 372 valence electrons. The zero-order chi connectivity index (χ0) is 48.3. The predicted molar refractivity (Wildman–Crippen MR) is 252 cm³/mol. The summed E-state index contributed by atoms with van der Waals surface area (Å²) in [6.45, 7) is 12.4. The number of carbonyl (C=O) groups excluding carboxylic acids is 4. The third kappa shape index (κ3) is 8.76. The number of hydrogen-bond donors (Lipinski definition) is 3. The van der Waals surface area contributed by atoms with E-state index in [-0.39, 0.29) is 62.3 Å². The number of hydroxylamine groups is 2. The number of fused-ring (bicyclic) bond motifs is 6. The summed E-state index contributed by atoms with van der Waals surface area (Å²) in [6.07, 6.45) is 10.2. The molecule has 14 nitrogen and oxygen atoms in total. The van der Waals surface area contributed by atoms with Gasteiger partial charge in [0.1, 0.15) is 35.4 Å². The summed E-state index contributed by atoms with van der Waals surface area (Å²) in [5.74, 6) is -0.700. The molecule has 0 aromatic heterocycles. The lowest BCUT2D eigenvalue weighted by atomic mass is 9.52. The molecule has 0 spiro atoms. The molecule has 9 fully saturated rings. The first-order valence-electron chi connectivity index (χ1n) is 25.9. The number of aliphatic hydroxyl groups is 1. The third-order valence-corrected chi connectivity index (χ3v) is 17.3. The molecule has 2 aromatic carbocycles. The zero-order valence-corrected chi connectivity index (χ0v) is 41.1. The molecule has 14 heteroatoms. The molecule has 2 bridgehead atoms. The van der Waals surface area contributed by atoms with Crippen LogP contribution in [0.1, 0.15) is 146 Å². The molecule has 0 radical (unpaired) electrons. The normalized spacial score (nSPS) is 36.0. The van der Waals surface area contributed by atoms with Crippen molar-refractivity contribution in [3.05, 3.63) is 76.4 Å². The van der Waals surface area contributed by atoms with Crippen LogP contribution in [0.4, 0.5) is 0 Å². The van der Waals surface area contributed by atoms with E-state index in [0.717, 1.165) is 56.1 Å². The highest BCUT2D eigenvalue weighted by molar-refractivity contribution is 5.95. The molecule has 4 heterocycles. The highest BCUT2D eigenvalue weighted by atomic mass is 16.8. The van der Waals surface area contributed by atoms with Gasteiger partial charge in [-0.15, -0.1) is 0 Å². The minimum Gasteiger partial charge on any atom is -0.460 e. The van der Waals surface area contributed by atoms with Gasteiger partial charge in [0.25, 0.3) is 5.91 Å². The summed E-state index contributed by atoms with van der Waals surface area (Å²) < 4.78 is 31.9. The Morgan fingerprint density at radius 1 is 0.928 bits per heavy atom. The number of aliphatic hydroxyl groups excluding tert-OH is 1. The van der Waals surface area contributed by atoms with Gasteiger partial charge in [0.2, 0.25) is 5.91 Å². The molecule has 4 saturated heterocycles. The number of nitrogens with one attached hydrogen (secondary N) is 2. The first-order valence-corrected chi connectivity index (χ1v) is 25.9. The smallest absolute Gasteiger partial charge is 0.327 e. The van der Waals surface area contributed by atoms with Gasteiger partial charge < -0.3 is 39.4 Å². The molecule has 5 saturated carbocycles. The van der Waals surface area contributed by atoms with Gasteiger partial charge in [0, 0.05) is 36.8 Å². The molecule has 2 amide bonds. The summed E-state index contributed by atoms with van der Waals surface area (Å²) in [4.78, 5) is 62.2. The van der Waals surface area contributed by atoms with E-state index >= 15 is 4.79 Å². The molecule has 4 aliphatic heterocycles. The molecule has 3 N–H and O–H groups in total. The van der Waals surface area contributed by atoms with Crippen molar-refractivity contribution in [2.24, 2.45) is 34.5 Å². The van der Waals surface area contributed by atoms with Crippen LogP contribution in [-0.2, 0) is 56.0 Å². The summed E-state index contributed by atoms with van der Waals surface area (Å²) in [6, 6.07) is 13.7. The van der Waals surface area contributed by atoms with Crippen LogP contribution in [0, 0.1) is 34.5 Å². The quantitative estimate of drug-likeness (QED) is 0.130. The standard InChI is InChI=1S/C55H71N3O11/c1-51(2,3)66-43(60)21-19-38(30-59)57-48(61)35-9-7-8-33(25-35)28-56-50(63)54-27-41-44-45(68-55(67-44,36-15-16-36)37-17-18-37)47(54)69-58(46(54)49(62)64-41)29-32-12-10-31(11-13-32)24-34-14-20-42-53(6,65-42)23-22-40-39(34)26-52(40,4)5/h7-13,24-25,36-42,44-47,59H,14-23,26-30H2,1-6H3,(H,56,63)(H,57,61). The number of esters is 2. The van der Waals surface area contributed by atoms with E-state index in [2.05, 4.69) is 61.7 Å². The average molecular weight is 950 g/mol. The molecular weight excluding hydrogens is 879 g/mol. The van der Waals surface area contributed by atoms with Gasteiger partial charge in [-0.2, -0.15) is 5.06 Å². The van der Waals surface area contributed by atoms with E-state index in [0.29, 0.717) is 34.5 Å². The number of carbonyl (C=O) groups is 4. The predicted octanol–water partition coefficient (Wildman–Crippen LogP) is 7.09. The molecule has 5 aliphatic carbocycles. The average Bonchev–Trinajstić information content (AvgIpc) is 4.26. The van der Waals surface area contributed by atoms with Crippen LogP contribution in [-0.4, -0.2) is 100 Å². The van der Waals surface area contributed by atoms with Crippen LogP contribution < -0.4 is 10.6 Å². The van der Waals surface area contributed by atoms with Gasteiger partial charge in [-0.3, -0.25) is 24.0 Å². The lowest BCUT2D eigenvalue weighted by Crippen LogP contribution is -2.69. The Balaban J connectivity index is 0.817. The number of allylic oxidation sites excluding steroid dienone is 1. The highest BCUT2D eigenvalue weighted by Crippen LogP contribution is 2.64. The van der Waals surface area contributed by atoms with Gasteiger partial charge in [-0.05, 0) is 138 Å². The lowest BCUT2D eigenvalue weighted by molar-refractivity contribution is -0.235. The molecule has 11 atom stereocenters.